The highest BCUT2D eigenvalue weighted by Crippen LogP contribution is 2.30. The van der Waals surface area contributed by atoms with E-state index < -0.39 is 0 Å². The first-order valence-corrected chi connectivity index (χ1v) is 8.82. The molecule has 1 aliphatic heterocycles. The fourth-order valence-electron chi connectivity index (χ4n) is 2.80. The monoisotopic (exact) mass is 334 g/mol. The van der Waals surface area contributed by atoms with Crippen molar-refractivity contribution in [2.75, 3.05) is 38.3 Å². The van der Waals surface area contributed by atoms with Gasteiger partial charge in [0.1, 0.15) is 10.3 Å². The Balaban J connectivity index is 1.50. The summed E-state index contributed by atoms with van der Waals surface area (Å²) < 4.78 is 4.99. The van der Waals surface area contributed by atoms with Gasteiger partial charge in [-0.1, -0.05) is 11.3 Å². The van der Waals surface area contributed by atoms with Gasteiger partial charge in [-0.25, -0.2) is 9.97 Å². The van der Waals surface area contributed by atoms with E-state index >= 15 is 0 Å². The normalized spacial score (nSPS) is 16.0. The number of nitrogens with one attached hydrogen (secondary N) is 1. The lowest BCUT2D eigenvalue weighted by Gasteiger charge is -2.30. The van der Waals surface area contributed by atoms with Crippen LogP contribution >= 0.6 is 11.3 Å². The number of hydrogen-bond donors (Lipinski definition) is 1. The number of rotatable bonds is 6. The molecule has 7 heteroatoms. The zero-order valence-electron chi connectivity index (χ0n) is 13.3. The maximum atomic E-state index is 12.2. The molecule has 1 aliphatic rings. The number of ether oxygens (including phenoxy) is 1. The van der Waals surface area contributed by atoms with Gasteiger partial charge >= 0.3 is 0 Å². The van der Waals surface area contributed by atoms with Crippen LogP contribution in [0, 0.1) is 5.92 Å². The van der Waals surface area contributed by atoms with E-state index in [1.165, 1.54) is 0 Å². The molecule has 0 spiro atoms. The molecule has 6 nitrogen and oxygen atoms in total. The first-order chi connectivity index (χ1) is 11.3. The molecule has 0 unspecified atom stereocenters. The van der Waals surface area contributed by atoms with Crippen LogP contribution in [-0.2, 0) is 9.53 Å². The highest BCUT2D eigenvalue weighted by molar-refractivity contribution is 7.21. The van der Waals surface area contributed by atoms with E-state index in [9.17, 15) is 4.79 Å². The summed E-state index contributed by atoms with van der Waals surface area (Å²) in [6, 6.07) is 3.90. The van der Waals surface area contributed by atoms with E-state index in [4.69, 9.17) is 4.74 Å². The SMILES string of the molecule is COCCCNC(=O)C1CCN(c2nc3cccnc3s2)CC1. The number of piperidine rings is 1. The third-order valence-electron chi connectivity index (χ3n) is 4.12. The molecule has 124 valence electrons. The molecule has 1 amide bonds. The van der Waals surface area contributed by atoms with E-state index in [0.29, 0.717) is 13.2 Å². The van der Waals surface area contributed by atoms with E-state index in [1.54, 1.807) is 24.6 Å². The molecule has 0 bridgehead atoms. The Bertz CT molecular complexity index is 619. The number of amides is 1. The number of thiazole rings is 1. The van der Waals surface area contributed by atoms with Gasteiger partial charge in [0.05, 0.1) is 0 Å². The van der Waals surface area contributed by atoms with Crippen molar-refractivity contribution in [2.45, 2.75) is 19.3 Å². The van der Waals surface area contributed by atoms with Crippen LogP contribution in [0.4, 0.5) is 5.13 Å². The molecule has 23 heavy (non-hydrogen) atoms. The molecule has 0 aromatic carbocycles. The van der Waals surface area contributed by atoms with E-state index in [2.05, 4.69) is 20.2 Å². The van der Waals surface area contributed by atoms with Gasteiger partial charge < -0.3 is 15.0 Å². The summed E-state index contributed by atoms with van der Waals surface area (Å²) in [5.74, 6) is 0.285. The summed E-state index contributed by atoms with van der Waals surface area (Å²) in [6.07, 6.45) is 4.41. The van der Waals surface area contributed by atoms with Crippen molar-refractivity contribution in [3.05, 3.63) is 18.3 Å². The number of anilines is 1. The Morgan fingerprint density at radius 1 is 1.48 bits per heavy atom. The average molecular weight is 334 g/mol. The summed E-state index contributed by atoms with van der Waals surface area (Å²) in [5.41, 5.74) is 0.950. The smallest absolute Gasteiger partial charge is 0.223 e. The second kappa shape index (κ2) is 7.70. The van der Waals surface area contributed by atoms with E-state index in [0.717, 1.165) is 47.8 Å². The number of aromatic nitrogens is 2. The first-order valence-electron chi connectivity index (χ1n) is 8.01. The Kier molecular flexibility index (Phi) is 5.40. The number of methoxy groups -OCH3 is 1. The fraction of sp³-hybridized carbons (Fsp3) is 0.562. The molecular weight excluding hydrogens is 312 g/mol. The van der Waals surface area contributed by atoms with Crippen LogP contribution in [0.25, 0.3) is 10.3 Å². The molecular formula is C16H22N4O2S. The molecule has 3 heterocycles. The predicted molar refractivity (Wildman–Crippen MR) is 91.9 cm³/mol. The highest BCUT2D eigenvalue weighted by Gasteiger charge is 2.26. The van der Waals surface area contributed by atoms with Crippen LogP contribution < -0.4 is 10.2 Å². The maximum absolute atomic E-state index is 12.2. The minimum atomic E-state index is 0.112. The standard InChI is InChI=1S/C16H22N4O2S/c1-22-11-3-8-17-14(21)12-5-9-20(10-6-12)16-19-13-4-2-7-18-15(13)23-16/h2,4,7,12H,3,5-6,8-11H2,1H3,(H,17,21). The zero-order valence-corrected chi connectivity index (χ0v) is 14.1. The summed E-state index contributed by atoms with van der Waals surface area (Å²) in [7, 11) is 1.68. The van der Waals surface area contributed by atoms with Gasteiger partial charge in [-0.2, -0.15) is 0 Å². The van der Waals surface area contributed by atoms with Gasteiger partial charge in [0.15, 0.2) is 5.13 Å². The first kappa shape index (κ1) is 16.1. The lowest BCUT2D eigenvalue weighted by atomic mass is 9.96. The highest BCUT2D eigenvalue weighted by atomic mass is 32.1. The summed E-state index contributed by atoms with van der Waals surface area (Å²) in [5, 5.41) is 4.01. The van der Waals surface area contributed by atoms with Crippen molar-refractivity contribution in [1.82, 2.24) is 15.3 Å². The quantitative estimate of drug-likeness (QED) is 0.819. The average Bonchev–Trinajstić information content (AvgIpc) is 3.03. The Morgan fingerprint density at radius 3 is 3.04 bits per heavy atom. The predicted octanol–water partition coefficient (Wildman–Crippen LogP) is 2.06. The summed E-state index contributed by atoms with van der Waals surface area (Å²) >= 11 is 1.62. The second-order valence-electron chi connectivity index (χ2n) is 5.72. The minimum Gasteiger partial charge on any atom is -0.385 e. The van der Waals surface area contributed by atoms with Gasteiger partial charge in [0.2, 0.25) is 5.91 Å². The van der Waals surface area contributed by atoms with Crippen LogP contribution in [-0.4, -0.2) is 49.2 Å². The van der Waals surface area contributed by atoms with Crippen molar-refractivity contribution in [2.24, 2.45) is 5.92 Å². The van der Waals surface area contributed by atoms with Crippen LogP contribution in [0.15, 0.2) is 18.3 Å². The van der Waals surface area contributed by atoms with Crippen molar-refractivity contribution in [3.63, 3.8) is 0 Å². The zero-order chi connectivity index (χ0) is 16.1. The molecule has 0 saturated carbocycles. The molecule has 0 atom stereocenters. The van der Waals surface area contributed by atoms with E-state index in [1.807, 2.05) is 12.1 Å². The van der Waals surface area contributed by atoms with Gasteiger partial charge in [-0.3, -0.25) is 4.79 Å². The molecule has 1 N–H and O–H groups in total. The molecule has 1 saturated heterocycles. The van der Waals surface area contributed by atoms with Crippen molar-refractivity contribution in [3.8, 4) is 0 Å². The number of fused-ring (bicyclic) bond motifs is 1. The lowest BCUT2D eigenvalue weighted by molar-refractivity contribution is -0.125. The molecule has 2 aromatic rings. The number of nitrogens with zero attached hydrogens (tertiary/aromatic N) is 3. The molecule has 0 aliphatic carbocycles. The maximum Gasteiger partial charge on any atom is 0.223 e. The number of pyridine rings is 1. The van der Waals surface area contributed by atoms with Gasteiger partial charge in [-0.15, -0.1) is 0 Å². The molecule has 2 aromatic heterocycles. The van der Waals surface area contributed by atoms with Crippen molar-refractivity contribution < 1.29 is 9.53 Å². The van der Waals surface area contributed by atoms with Gasteiger partial charge in [-0.05, 0) is 31.4 Å². The van der Waals surface area contributed by atoms with Gasteiger partial charge in [0, 0.05) is 45.5 Å². The second-order valence-corrected chi connectivity index (χ2v) is 6.68. The number of carbonyl (C=O) groups is 1. The molecule has 1 fully saturated rings. The van der Waals surface area contributed by atoms with Crippen LogP contribution in [0.5, 0.6) is 0 Å². The summed E-state index contributed by atoms with van der Waals surface area (Å²) in [4.78, 5) is 24.4. The Hall–Kier alpha value is -1.73. The fourth-order valence-corrected chi connectivity index (χ4v) is 3.76. The number of carbonyl (C=O) groups excluding carboxylic acids is 1. The lowest BCUT2D eigenvalue weighted by Crippen LogP contribution is -2.40. The third-order valence-corrected chi connectivity index (χ3v) is 5.16. The summed E-state index contributed by atoms with van der Waals surface area (Å²) in [6.45, 7) is 3.12. The van der Waals surface area contributed by atoms with Crippen LogP contribution in [0.1, 0.15) is 19.3 Å². The topological polar surface area (TPSA) is 67.3 Å². The van der Waals surface area contributed by atoms with Crippen molar-refractivity contribution in [1.29, 1.82) is 0 Å². The third kappa shape index (κ3) is 3.97. The number of hydrogen-bond acceptors (Lipinski definition) is 6. The molecule has 0 radical (unpaired) electrons. The van der Waals surface area contributed by atoms with Crippen molar-refractivity contribution >= 4 is 32.7 Å². The Morgan fingerprint density at radius 2 is 2.30 bits per heavy atom. The minimum absolute atomic E-state index is 0.112. The van der Waals surface area contributed by atoms with Crippen LogP contribution in [0.2, 0.25) is 0 Å². The van der Waals surface area contributed by atoms with Gasteiger partial charge in [0.25, 0.3) is 0 Å². The van der Waals surface area contributed by atoms with Crippen LogP contribution in [0.3, 0.4) is 0 Å². The molecule has 3 rings (SSSR count). The van der Waals surface area contributed by atoms with E-state index in [-0.39, 0.29) is 11.8 Å². The Labute approximate surface area is 139 Å². The largest absolute Gasteiger partial charge is 0.385 e.